The highest BCUT2D eigenvalue weighted by atomic mass is 32.2. The predicted molar refractivity (Wildman–Crippen MR) is 67.3 cm³/mol. The largest absolute Gasteiger partial charge is 0.300 e. The van der Waals surface area contributed by atoms with Crippen LogP contribution in [0.25, 0.3) is 0 Å². The molecule has 0 aliphatic heterocycles. The highest BCUT2D eigenvalue weighted by Gasteiger charge is 1.96. The standard InChI is InChI=1S/C13H18OS/c1-11-5-3-7-13(9-11)10-15-8-4-6-12(2)14/h3,5,7,9H,4,6,8,10H2,1-2H3. The van der Waals surface area contributed by atoms with Crippen molar-refractivity contribution in [1.29, 1.82) is 0 Å². The van der Waals surface area contributed by atoms with E-state index in [4.69, 9.17) is 0 Å². The van der Waals surface area contributed by atoms with Crippen molar-refractivity contribution in [2.45, 2.75) is 32.4 Å². The highest BCUT2D eigenvalue weighted by Crippen LogP contribution is 2.14. The first-order valence-electron chi connectivity index (χ1n) is 5.31. The van der Waals surface area contributed by atoms with Crippen LogP contribution in [0.2, 0.25) is 0 Å². The summed E-state index contributed by atoms with van der Waals surface area (Å²) < 4.78 is 0. The molecule has 0 spiro atoms. The Labute approximate surface area is 96.3 Å². The van der Waals surface area contributed by atoms with Gasteiger partial charge in [0.25, 0.3) is 0 Å². The minimum Gasteiger partial charge on any atom is -0.300 e. The lowest BCUT2D eigenvalue weighted by Crippen LogP contribution is -1.91. The Morgan fingerprint density at radius 1 is 1.40 bits per heavy atom. The van der Waals surface area contributed by atoms with Gasteiger partial charge in [0.15, 0.2) is 0 Å². The van der Waals surface area contributed by atoms with Gasteiger partial charge in [-0.25, -0.2) is 0 Å². The molecule has 82 valence electrons. The van der Waals surface area contributed by atoms with Crippen LogP contribution in [0.4, 0.5) is 0 Å². The Morgan fingerprint density at radius 2 is 2.20 bits per heavy atom. The van der Waals surface area contributed by atoms with E-state index in [0.717, 1.165) is 24.3 Å². The molecule has 0 radical (unpaired) electrons. The molecule has 0 unspecified atom stereocenters. The molecule has 1 aromatic rings. The van der Waals surface area contributed by atoms with E-state index < -0.39 is 0 Å². The molecule has 1 aromatic carbocycles. The van der Waals surface area contributed by atoms with Crippen LogP contribution < -0.4 is 0 Å². The third-order valence-electron chi connectivity index (χ3n) is 2.17. The number of carbonyl (C=O) groups is 1. The minimum atomic E-state index is 0.297. The molecule has 0 heterocycles. The second kappa shape index (κ2) is 6.67. The van der Waals surface area contributed by atoms with Crippen molar-refractivity contribution in [2.75, 3.05) is 5.75 Å². The Hall–Kier alpha value is -0.760. The maximum absolute atomic E-state index is 10.7. The monoisotopic (exact) mass is 222 g/mol. The fourth-order valence-corrected chi connectivity index (χ4v) is 2.32. The third kappa shape index (κ3) is 5.63. The molecule has 1 rings (SSSR count). The number of benzene rings is 1. The Kier molecular flexibility index (Phi) is 5.48. The number of rotatable bonds is 6. The summed E-state index contributed by atoms with van der Waals surface area (Å²) in [4.78, 5) is 10.7. The van der Waals surface area contributed by atoms with E-state index in [2.05, 4.69) is 31.2 Å². The summed E-state index contributed by atoms with van der Waals surface area (Å²) in [6, 6.07) is 8.59. The van der Waals surface area contributed by atoms with E-state index in [9.17, 15) is 4.79 Å². The molecule has 0 saturated carbocycles. The number of hydrogen-bond acceptors (Lipinski definition) is 2. The smallest absolute Gasteiger partial charge is 0.129 e. The first-order valence-corrected chi connectivity index (χ1v) is 6.46. The van der Waals surface area contributed by atoms with E-state index in [1.807, 2.05) is 11.8 Å². The van der Waals surface area contributed by atoms with Crippen molar-refractivity contribution in [2.24, 2.45) is 0 Å². The van der Waals surface area contributed by atoms with E-state index in [1.54, 1.807) is 6.92 Å². The van der Waals surface area contributed by atoms with Crippen molar-refractivity contribution in [3.63, 3.8) is 0 Å². The second-order valence-electron chi connectivity index (χ2n) is 3.85. The Bertz CT molecular complexity index is 320. The summed E-state index contributed by atoms with van der Waals surface area (Å²) >= 11 is 1.90. The number of ketones is 1. The van der Waals surface area contributed by atoms with Crippen LogP contribution in [0.5, 0.6) is 0 Å². The molecule has 0 N–H and O–H groups in total. The lowest BCUT2D eigenvalue weighted by atomic mass is 10.2. The molecule has 1 nitrogen and oxygen atoms in total. The van der Waals surface area contributed by atoms with Gasteiger partial charge in [0, 0.05) is 12.2 Å². The molecular weight excluding hydrogens is 204 g/mol. The van der Waals surface area contributed by atoms with E-state index in [1.165, 1.54) is 11.1 Å². The molecule has 2 heteroatoms. The van der Waals surface area contributed by atoms with Crippen molar-refractivity contribution in [1.82, 2.24) is 0 Å². The highest BCUT2D eigenvalue weighted by molar-refractivity contribution is 7.98. The maximum Gasteiger partial charge on any atom is 0.129 e. The predicted octanol–water partition coefficient (Wildman–Crippen LogP) is 3.60. The Morgan fingerprint density at radius 3 is 2.87 bits per heavy atom. The van der Waals surface area contributed by atoms with Gasteiger partial charge in [0.05, 0.1) is 0 Å². The van der Waals surface area contributed by atoms with Crippen LogP contribution in [-0.2, 0) is 10.5 Å². The maximum atomic E-state index is 10.7. The zero-order valence-corrected chi connectivity index (χ0v) is 10.3. The fourth-order valence-electron chi connectivity index (χ4n) is 1.42. The minimum absolute atomic E-state index is 0.297. The van der Waals surface area contributed by atoms with Gasteiger partial charge in [0.2, 0.25) is 0 Å². The zero-order chi connectivity index (χ0) is 11.1. The average Bonchev–Trinajstić information content (AvgIpc) is 2.17. The van der Waals surface area contributed by atoms with Crippen LogP contribution in [0.1, 0.15) is 30.9 Å². The molecule has 0 atom stereocenters. The molecule has 0 amide bonds. The van der Waals surface area contributed by atoms with Crippen LogP contribution >= 0.6 is 11.8 Å². The van der Waals surface area contributed by atoms with Crippen LogP contribution in [0.3, 0.4) is 0 Å². The average molecular weight is 222 g/mol. The third-order valence-corrected chi connectivity index (χ3v) is 3.28. The molecule has 0 saturated heterocycles. The van der Waals surface area contributed by atoms with Crippen molar-refractivity contribution in [3.8, 4) is 0 Å². The van der Waals surface area contributed by atoms with Crippen LogP contribution in [0.15, 0.2) is 24.3 Å². The summed E-state index contributed by atoms with van der Waals surface area (Å²) in [7, 11) is 0. The van der Waals surface area contributed by atoms with Gasteiger partial charge < -0.3 is 4.79 Å². The molecule has 0 aliphatic rings. The van der Waals surface area contributed by atoms with Crippen molar-refractivity contribution >= 4 is 17.5 Å². The first kappa shape index (κ1) is 12.3. The quantitative estimate of drug-likeness (QED) is 0.684. The number of Topliss-reactive ketones (excluding diaryl/α,β-unsaturated/α-hetero) is 1. The Balaban J connectivity index is 2.17. The molecule has 15 heavy (non-hydrogen) atoms. The number of thioether (sulfide) groups is 1. The van der Waals surface area contributed by atoms with E-state index >= 15 is 0 Å². The summed E-state index contributed by atoms with van der Waals surface area (Å²) in [5, 5.41) is 0. The molecule has 0 bridgehead atoms. The summed E-state index contributed by atoms with van der Waals surface area (Å²) in [6.07, 6.45) is 1.73. The number of hydrogen-bond donors (Lipinski definition) is 0. The lowest BCUT2D eigenvalue weighted by molar-refractivity contribution is -0.117. The van der Waals surface area contributed by atoms with E-state index in [-0.39, 0.29) is 0 Å². The van der Waals surface area contributed by atoms with E-state index in [0.29, 0.717) is 5.78 Å². The normalized spacial score (nSPS) is 10.3. The number of carbonyl (C=O) groups excluding carboxylic acids is 1. The van der Waals surface area contributed by atoms with Gasteiger partial charge in [-0.05, 0) is 31.6 Å². The van der Waals surface area contributed by atoms with Gasteiger partial charge in [-0.2, -0.15) is 11.8 Å². The number of aryl methyl sites for hydroxylation is 1. The topological polar surface area (TPSA) is 17.1 Å². The molecule has 0 aromatic heterocycles. The van der Waals surface area contributed by atoms with Gasteiger partial charge in [-0.15, -0.1) is 0 Å². The van der Waals surface area contributed by atoms with Crippen molar-refractivity contribution < 1.29 is 4.79 Å². The summed E-state index contributed by atoms with van der Waals surface area (Å²) in [5.74, 6) is 2.43. The zero-order valence-electron chi connectivity index (χ0n) is 9.45. The summed E-state index contributed by atoms with van der Waals surface area (Å²) in [5.41, 5.74) is 2.69. The van der Waals surface area contributed by atoms with Gasteiger partial charge in [0.1, 0.15) is 5.78 Å². The van der Waals surface area contributed by atoms with Crippen LogP contribution in [0, 0.1) is 6.92 Å². The second-order valence-corrected chi connectivity index (χ2v) is 4.95. The van der Waals surface area contributed by atoms with Gasteiger partial charge in [-0.1, -0.05) is 29.8 Å². The SMILES string of the molecule is CC(=O)CCCSCc1cccc(C)c1. The fraction of sp³-hybridized carbons (Fsp3) is 0.462. The summed E-state index contributed by atoms with van der Waals surface area (Å²) in [6.45, 7) is 3.77. The molecular formula is C13H18OS. The molecule has 0 fully saturated rings. The first-order chi connectivity index (χ1) is 7.18. The lowest BCUT2D eigenvalue weighted by Gasteiger charge is -2.02. The molecule has 0 aliphatic carbocycles. The van der Waals surface area contributed by atoms with Crippen LogP contribution in [-0.4, -0.2) is 11.5 Å². The van der Waals surface area contributed by atoms with Gasteiger partial charge >= 0.3 is 0 Å². The van der Waals surface area contributed by atoms with Gasteiger partial charge in [-0.3, -0.25) is 0 Å². The van der Waals surface area contributed by atoms with Crippen molar-refractivity contribution in [3.05, 3.63) is 35.4 Å².